The summed E-state index contributed by atoms with van der Waals surface area (Å²) >= 11 is 0. The Bertz CT molecular complexity index is 917. The largest absolute Gasteiger partial charge is 0.493 e. The third kappa shape index (κ3) is 7.29. The van der Waals surface area contributed by atoms with Gasteiger partial charge in [-0.05, 0) is 48.4 Å². The van der Waals surface area contributed by atoms with E-state index >= 15 is 0 Å². The molecule has 0 atom stereocenters. The van der Waals surface area contributed by atoms with Crippen LogP contribution in [0, 0.1) is 5.82 Å². The zero-order valence-corrected chi connectivity index (χ0v) is 17.4. The molecule has 9 heteroatoms. The van der Waals surface area contributed by atoms with Gasteiger partial charge in [-0.1, -0.05) is 6.07 Å². The quantitative estimate of drug-likeness (QED) is 0.546. The molecule has 166 valence electrons. The molecule has 0 aliphatic heterocycles. The smallest absolute Gasteiger partial charge is 0.306 e. The van der Waals surface area contributed by atoms with Crippen LogP contribution in [0.1, 0.15) is 18.4 Å². The summed E-state index contributed by atoms with van der Waals surface area (Å²) in [4.78, 5) is 37.0. The van der Waals surface area contributed by atoms with Crippen molar-refractivity contribution >= 4 is 23.5 Å². The summed E-state index contributed by atoms with van der Waals surface area (Å²) in [6, 6.07) is 10.5. The Kier molecular flexibility index (Phi) is 8.80. The van der Waals surface area contributed by atoms with Gasteiger partial charge in [-0.2, -0.15) is 0 Å². The molecule has 0 spiro atoms. The van der Waals surface area contributed by atoms with Gasteiger partial charge in [0.15, 0.2) is 18.1 Å². The molecule has 31 heavy (non-hydrogen) atoms. The Morgan fingerprint density at radius 3 is 2.26 bits per heavy atom. The molecule has 2 aromatic rings. The van der Waals surface area contributed by atoms with Gasteiger partial charge < -0.3 is 24.8 Å². The maximum atomic E-state index is 13.2. The molecule has 0 heterocycles. The van der Waals surface area contributed by atoms with E-state index in [1.165, 1.54) is 43.4 Å². The number of hydrogen-bond donors (Lipinski definition) is 1. The van der Waals surface area contributed by atoms with Crippen LogP contribution in [0.2, 0.25) is 0 Å². The summed E-state index contributed by atoms with van der Waals surface area (Å²) in [6.07, 6.45) is 0.355. The maximum absolute atomic E-state index is 13.2. The van der Waals surface area contributed by atoms with E-state index in [4.69, 9.17) is 19.9 Å². The number of nitrogens with zero attached hydrogens (tertiary/aromatic N) is 1. The average Bonchev–Trinajstić information content (AvgIpc) is 2.77. The van der Waals surface area contributed by atoms with E-state index in [0.29, 0.717) is 23.6 Å². The molecule has 0 unspecified atom stereocenters. The topological polar surface area (TPSA) is 108 Å². The third-order valence-corrected chi connectivity index (χ3v) is 4.44. The van der Waals surface area contributed by atoms with E-state index in [0.717, 1.165) is 5.56 Å². The van der Waals surface area contributed by atoms with Crippen molar-refractivity contribution in [3.63, 3.8) is 0 Å². The molecule has 2 aromatic carbocycles. The first-order chi connectivity index (χ1) is 14.8. The van der Waals surface area contributed by atoms with E-state index < -0.39 is 30.2 Å². The molecule has 0 aliphatic carbocycles. The Balaban J connectivity index is 1.92. The first-order valence-corrected chi connectivity index (χ1v) is 9.54. The van der Waals surface area contributed by atoms with Crippen molar-refractivity contribution in [3.8, 4) is 11.5 Å². The summed E-state index contributed by atoms with van der Waals surface area (Å²) in [5.74, 6) is -1.03. The predicted octanol–water partition coefficient (Wildman–Crippen LogP) is 2.23. The zero-order chi connectivity index (χ0) is 22.8. The summed E-state index contributed by atoms with van der Waals surface area (Å²) in [5, 5.41) is 0. The van der Waals surface area contributed by atoms with Gasteiger partial charge in [0.2, 0.25) is 5.91 Å². The van der Waals surface area contributed by atoms with Crippen molar-refractivity contribution in [2.45, 2.75) is 19.3 Å². The number of methoxy groups -OCH3 is 2. The third-order valence-electron chi connectivity index (χ3n) is 4.44. The highest BCUT2D eigenvalue weighted by Gasteiger charge is 2.19. The molecule has 0 radical (unpaired) electrons. The van der Waals surface area contributed by atoms with E-state index in [1.807, 2.05) is 0 Å². The maximum Gasteiger partial charge on any atom is 0.306 e. The normalized spacial score (nSPS) is 10.3. The lowest BCUT2D eigenvalue weighted by molar-refractivity contribution is -0.147. The molecule has 0 aromatic heterocycles. The Hall–Kier alpha value is -3.62. The lowest BCUT2D eigenvalue weighted by Gasteiger charge is -2.22. The second-order valence-corrected chi connectivity index (χ2v) is 6.59. The standard InChI is InChI=1S/C22H25FN2O6/c1-29-18-9-3-15(13-19(18)30-2)4-10-22(28)31-14-21(27)25(12-11-20(24)26)17-7-5-16(23)6-8-17/h3,5-9,13H,4,10-12,14H2,1-2H3,(H2,24,26). The van der Waals surface area contributed by atoms with Crippen molar-refractivity contribution in [2.24, 2.45) is 5.73 Å². The number of anilines is 1. The molecule has 2 rings (SSSR count). The van der Waals surface area contributed by atoms with Crippen molar-refractivity contribution in [1.82, 2.24) is 0 Å². The van der Waals surface area contributed by atoms with Crippen molar-refractivity contribution in [1.29, 1.82) is 0 Å². The van der Waals surface area contributed by atoms with Crippen LogP contribution in [-0.4, -0.2) is 45.2 Å². The predicted molar refractivity (Wildman–Crippen MR) is 111 cm³/mol. The van der Waals surface area contributed by atoms with E-state index in [1.54, 1.807) is 18.2 Å². The fourth-order valence-electron chi connectivity index (χ4n) is 2.82. The zero-order valence-electron chi connectivity index (χ0n) is 17.4. The molecule has 0 saturated carbocycles. The van der Waals surface area contributed by atoms with Crippen LogP contribution in [0.25, 0.3) is 0 Å². The molecular weight excluding hydrogens is 407 g/mol. The van der Waals surface area contributed by atoms with E-state index in [2.05, 4.69) is 0 Å². The number of benzene rings is 2. The summed E-state index contributed by atoms with van der Waals surface area (Å²) in [6.45, 7) is -0.524. The molecule has 2 N–H and O–H groups in total. The first-order valence-electron chi connectivity index (χ1n) is 9.54. The number of nitrogens with two attached hydrogens (primary N) is 1. The lowest BCUT2D eigenvalue weighted by atomic mass is 10.1. The van der Waals surface area contributed by atoms with Crippen LogP contribution in [0.5, 0.6) is 11.5 Å². The number of halogens is 1. The Morgan fingerprint density at radius 1 is 0.968 bits per heavy atom. The van der Waals surface area contributed by atoms with Gasteiger partial charge in [0, 0.05) is 25.1 Å². The lowest BCUT2D eigenvalue weighted by Crippen LogP contribution is -2.37. The molecule has 2 amide bonds. The minimum Gasteiger partial charge on any atom is -0.493 e. The fraction of sp³-hybridized carbons (Fsp3) is 0.318. The van der Waals surface area contributed by atoms with Crippen LogP contribution >= 0.6 is 0 Å². The number of carbonyl (C=O) groups is 3. The molecule has 0 fully saturated rings. The molecule has 0 bridgehead atoms. The van der Waals surface area contributed by atoms with Gasteiger partial charge in [-0.3, -0.25) is 14.4 Å². The molecule has 0 aliphatic rings. The SMILES string of the molecule is COc1ccc(CCC(=O)OCC(=O)N(CCC(N)=O)c2ccc(F)cc2)cc1OC. The Labute approximate surface area is 179 Å². The second-order valence-electron chi connectivity index (χ2n) is 6.59. The van der Waals surface area contributed by atoms with Gasteiger partial charge >= 0.3 is 5.97 Å². The molecule has 8 nitrogen and oxygen atoms in total. The number of ether oxygens (including phenoxy) is 3. The molecular formula is C22H25FN2O6. The summed E-state index contributed by atoms with van der Waals surface area (Å²) in [7, 11) is 3.05. The molecule has 0 saturated heterocycles. The highest BCUT2D eigenvalue weighted by molar-refractivity contribution is 5.95. The van der Waals surface area contributed by atoms with Crippen LogP contribution in [0.4, 0.5) is 10.1 Å². The number of amides is 2. The number of primary amides is 1. The first kappa shape index (κ1) is 23.7. The van der Waals surface area contributed by atoms with Gasteiger partial charge in [0.05, 0.1) is 14.2 Å². The number of rotatable bonds is 11. The van der Waals surface area contributed by atoms with E-state index in [9.17, 15) is 18.8 Å². The van der Waals surface area contributed by atoms with Crippen molar-refractivity contribution in [3.05, 3.63) is 53.8 Å². The number of esters is 1. The number of aryl methyl sites for hydroxylation is 1. The van der Waals surface area contributed by atoms with Gasteiger partial charge in [0.1, 0.15) is 5.82 Å². The van der Waals surface area contributed by atoms with Crippen molar-refractivity contribution in [2.75, 3.05) is 32.3 Å². The second kappa shape index (κ2) is 11.5. The van der Waals surface area contributed by atoms with Gasteiger partial charge in [-0.25, -0.2) is 4.39 Å². The van der Waals surface area contributed by atoms with Crippen molar-refractivity contribution < 1.29 is 33.0 Å². The Morgan fingerprint density at radius 2 is 1.65 bits per heavy atom. The minimum absolute atomic E-state index is 0.0109. The number of hydrogen-bond acceptors (Lipinski definition) is 6. The fourth-order valence-corrected chi connectivity index (χ4v) is 2.82. The van der Waals surface area contributed by atoms with Gasteiger partial charge in [-0.15, -0.1) is 0 Å². The minimum atomic E-state index is -0.591. The van der Waals surface area contributed by atoms with Crippen LogP contribution in [0.15, 0.2) is 42.5 Å². The van der Waals surface area contributed by atoms with Crippen LogP contribution in [0.3, 0.4) is 0 Å². The average molecular weight is 432 g/mol. The van der Waals surface area contributed by atoms with Crippen LogP contribution in [-0.2, 0) is 25.5 Å². The highest BCUT2D eigenvalue weighted by Crippen LogP contribution is 2.28. The number of carbonyl (C=O) groups excluding carboxylic acids is 3. The van der Waals surface area contributed by atoms with Crippen LogP contribution < -0.4 is 20.1 Å². The summed E-state index contributed by atoms with van der Waals surface area (Å²) < 4.78 is 28.7. The highest BCUT2D eigenvalue weighted by atomic mass is 19.1. The van der Waals surface area contributed by atoms with Gasteiger partial charge in [0.25, 0.3) is 5.91 Å². The monoisotopic (exact) mass is 432 g/mol. The van der Waals surface area contributed by atoms with E-state index in [-0.39, 0.29) is 19.4 Å². The summed E-state index contributed by atoms with van der Waals surface area (Å²) in [5.41, 5.74) is 6.37.